The maximum atomic E-state index is 11.9. The molecule has 1 atom stereocenters. The van der Waals surface area contributed by atoms with Gasteiger partial charge in [0.15, 0.2) is 0 Å². The first-order valence-corrected chi connectivity index (χ1v) is 6.70. The molecule has 114 valence electrons. The summed E-state index contributed by atoms with van der Waals surface area (Å²) in [5.74, 6) is -2.22. The van der Waals surface area contributed by atoms with Crippen LogP contribution in [0.25, 0.3) is 0 Å². The molecule has 0 bridgehead atoms. The van der Waals surface area contributed by atoms with Gasteiger partial charge in [-0.05, 0) is 40.5 Å². The van der Waals surface area contributed by atoms with Gasteiger partial charge >= 0.3 is 11.9 Å². The van der Waals surface area contributed by atoms with Gasteiger partial charge in [-0.25, -0.2) is 0 Å². The highest BCUT2D eigenvalue weighted by Gasteiger charge is 2.51. The third kappa shape index (κ3) is 4.21. The average Bonchev–Trinajstić information content (AvgIpc) is 3.13. The Morgan fingerprint density at radius 2 is 1.80 bits per heavy atom. The van der Waals surface area contributed by atoms with E-state index < -0.39 is 28.8 Å². The van der Waals surface area contributed by atoms with E-state index in [9.17, 15) is 14.4 Å². The summed E-state index contributed by atoms with van der Waals surface area (Å²) in [6.45, 7) is 6.91. The minimum absolute atomic E-state index is 0.200. The van der Waals surface area contributed by atoms with E-state index in [1.54, 1.807) is 20.8 Å². The zero-order valence-electron chi connectivity index (χ0n) is 12.7. The fourth-order valence-electron chi connectivity index (χ4n) is 1.73. The van der Waals surface area contributed by atoms with Crippen LogP contribution in [0.1, 0.15) is 40.5 Å². The summed E-state index contributed by atoms with van der Waals surface area (Å²) in [6, 6.07) is 0. The summed E-state index contributed by atoms with van der Waals surface area (Å²) in [6.07, 6.45) is 1.39. The second-order valence-electron chi connectivity index (χ2n) is 6.24. The van der Waals surface area contributed by atoms with Gasteiger partial charge in [-0.15, -0.1) is 0 Å². The summed E-state index contributed by atoms with van der Waals surface area (Å²) in [4.78, 5) is 35.2. The number of carbonyl (C=O) groups excluding carboxylic acids is 3. The molecule has 1 amide bonds. The number of amides is 1. The molecule has 1 unspecified atom stereocenters. The first-order chi connectivity index (χ1) is 9.11. The number of carbonyl (C=O) groups is 3. The molecule has 6 nitrogen and oxygen atoms in total. The van der Waals surface area contributed by atoms with E-state index >= 15 is 0 Å². The van der Waals surface area contributed by atoms with Crippen molar-refractivity contribution in [2.24, 2.45) is 11.3 Å². The number of esters is 2. The normalized spacial score (nSPS) is 17.9. The Hall–Kier alpha value is -1.59. The van der Waals surface area contributed by atoms with Gasteiger partial charge in [0.05, 0.1) is 12.5 Å². The first kappa shape index (κ1) is 16.5. The van der Waals surface area contributed by atoms with Crippen molar-refractivity contribution in [3.8, 4) is 0 Å². The molecular weight excluding hydrogens is 262 g/mol. The van der Waals surface area contributed by atoms with Crippen LogP contribution in [0.5, 0.6) is 0 Å². The van der Waals surface area contributed by atoms with Crippen molar-refractivity contribution in [2.75, 3.05) is 13.7 Å². The second kappa shape index (κ2) is 5.81. The maximum Gasteiger partial charge on any atom is 0.318 e. The number of nitrogens with one attached hydrogen (secondary N) is 1. The fourth-order valence-corrected chi connectivity index (χ4v) is 1.73. The van der Waals surface area contributed by atoms with Gasteiger partial charge in [0.25, 0.3) is 0 Å². The highest BCUT2D eigenvalue weighted by Crippen LogP contribution is 2.46. The van der Waals surface area contributed by atoms with E-state index in [4.69, 9.17) is 9.47 Å². The Morgan fingerprint density at radius 3 is 2.20 bits per heavy atom. The highest BCUT2D eigenvalue weighted by atomic mass is 16.6. The van der Waals surface area contributed by atoms with Crippen LogP contribution < -0.4 is 5.32 Å². The highest BCUT2D eigenvalue weighted by molar-refractivity contribution is 5.97. The topological polar surface area (TPSA) is 81.7 Å². The zero-order valence-corrected chi connectivity index (χ0v) is 12.7. The van der Waals surface area contributed by atoms with Crippen LogP contribution in [0, 0.1) is 11.3 Å². The largest absolute Gasteiger partial charge is 0.469 e. The Bertz CT molecular complexity index is 406. The molecule has 0 aromatic rings. The first-order valence-electron chi connectivity index (χ1n) is 6.70. The molecule has 0 radical (unpaired) electrons. The summed E-state index contributed by atoms with van der Waals surface area (Å²) >= 11 is 0. The van der Waals surface area contributed by atoms with E-state index in [1.807, 2.05) is 0 Å². The minimum Gasteiger partial charge on any atom is -0.469 e. The van der Waals surface area contributed by atoms with Crippen molar-refractivity contribution >= 4 is 17.8 Å². The number of hydrogen-bond donors (Lipinski definition) is 1. The van der Waals surface area contributed by atoms with Crippen LogP contribution in [0.4, 0.5) is 0 Å². The van der Waals surface area contributed by atoms with Gasteiger partial charge in [-0.1, -0.05) is 0 Å². The van der Waals surface area contributed by atoms with E-state index in [2.05, 4.69) is 5.32 Å². The molecule has 0 aromatic carbocycles. The molecule has 1 aliphatic rings. The van der Waals surface area contributed by atoms with Crippen LogP contribution in [0.2, 0.25) is 0 Å². The molecule has 0 aliphatic heterocycles. The SMILES string of the molecule is COC(=O)C1(CNC(=O)C(C)C(=O)OC(C)(C)C)CC1. The Kier molecular flexibility index (Phi) is 4.78. The lowest BCUT2D eigenvalue weighted by Gasteiger charge is -2.22. The standard InChI is InChI=1S/C14H23NO5/c1-9(11(17)20-13(2,3)4)10(16)15-8-14(6-7-14)12(18)19-5/h9H,6-8H2,1-5H3,(H,15,16). The van der Waals surface area contributed by atoms with Crippen LogP contribution in [-0.4, -0.2) is 37.1 Å². The van der Waals surface area contributed by atoms with Crippen molar-refractivity contribution in [3.05, 3.63) is 0 Å². The van der Waals surface area contributed by atoms with Gasteiger partial charge in [0.2, 0.25) is 5.91 Å². The third-order valence-corrected chi connectivity index (χ3v) is 3.23. The molecule has 20 heavy (non-hydrogen) atoms. The predicted molar refractivity (Wildman–Crippen MR) is 71.7 cm³/mol. The molecule has 6 heteroatoms. The Morgan fingerprint density at radius 1 is 1.25 bits per heavy atom. The molecule has 1 saturated carbocycles. The Balaban J connectivity index is 2.47. The second-order valence-corrected chi connectivity index (χ2v) is 6.24. The molecule has 0 heterocycles. The molecular formula is C14H23NO5. The van der Waals surface area contributed by atoms with Crippen molar-refractivity contribution in [1.29, 1.82) is 0 Å². The van der Waals surface area contributed by atoms with Crippen molar-refractivity contribution in [3.63, 3.8) is 0 Å². The maximum absolute atomic E-state index is 11.9. The molecule has 1 aliphatic carbocycles. The van der Waals surface area contributed by atoms with Crippen molar-refractivity contribution in [1.82, 2.24) is 5.32 Å². The molecule has 1 fully saturated rings. The number of hydrogen-bond acceptors (Lipinski definition) is 5. The van der Waals surface area contributed by atoms with Crippen LogP contribution >= 0.6 is 0 Å². The lowest BCUT2D eigenvalue weighted by Crippen LogP contribution is -2.41. The van der Waals surface area contributed by atoms with E-state index in [0.717, 1.165) is 0 Å². The lowest BCUT2D eigenvalue weighted by atomic mass is 10.1. The van der Waals surface area contributed by atoms with E-state index in [0.29, 0.717) is 12.8 Å². The zero-order chi connectivity index (χ0) is 15.6. The molecule has 1 N–H and O–H groups in total. The third-order valence-electron chi connectivity index (χ3n) is 3.23. The smallest absolute Gasteiger partial charge is 0.318 e. The van der Waals surface area contributed by atoms with Crippen LogP contribution in [0.15, 0.2) is 0 Å². The lowest BCUT2D eigenvalue weighted by molar-refractivity contribution is -0.161. The monoisotopic (exact) mass is 285 g/mol. The summed E-state index contributed by atoms with van der Waals surface area (Å²) in [5.41, 5.74) is -1.23. The van der Waals surface area contributed by atoms with Crippen molar-refractivity contribution < 1.29 is 23.9 Å². The van der Waals surface area contributed by atoms with E-state index in [-0.39, 0.29) is 12.5 Å². The van der Waals surface area contributed by atoms with Gasteiger partial charge in [0, 0.05) is 6.54 Å². The number of methoxy groups -OCH3 is 1. The fraction of sp³-hybridized carbons (Fsp3) is 0.786. The summed E-state index contributed by atoms with van der Waals surface area (Å²) in [5, 5.41) is 2.63. The number of ether oxygens (including phenoxy) is 2. The predicted octanol–water partition coefficient (Wildman–Crippen LogP) is 1.03. The molecule has 0 aromatic heterocycles. The quantitative estimate of drug-likeness (QED) is 0.603. The van der Waals surface area contributed by atoms with Gasteiger partial charge in [-0.2, -0.15) is 0 Å². The van der Waals surface area contributed by atoms with Crippen molar-refractivity contribution in [2.45, 2.75) is 46.1 Å². The number of rotatable bonds is 5. The molecule has 1 rings (SSSR count). The molecule has 0 spiro atoms. The summed E-state index contributed by atoms with van der Waals surface area (Å²) < 4.78 is 9.85. The van der Waals surface area contributed by atoms with Crippen LogP contribution in [-0.2, 0) is 23.9 Å². The van der Waals surface area contributed by atoms with Gasteiger partial charge < -0.3 is 14.8 Å². The van der Waals surface area contributed by atoms with E-state index in [1.165, 1.54) is 14.0 Å². The van der Waals surface area contributed by atoms with Gasteiger partial charge in [-0.3, -0.25) is 14.4 Å². The van der Waals surface area contributed by atoms with Crippen LogP contribution in [0.3, 0.4) is 0 Å². The van der Waals surface area contributed by atoms with Gasteiger partial charge in [0.1, 0.15) is 11.5 Å². The molecule has 0 saturated heterocycles. The Labute approximate surface area is 119 Å². The minimum atomic E-state index is -0.900. The average molecular weight is 285 g/mol. The summed E-state index contributed by atoms with van der Waals surface area (Å²) in [7, 11) is 1.33.